The SMILES string of the molecule is CCS(=O)(=O)NCc1cn(CCCCCO)nn1. The summed E-state index contributed by atoms with van der Waals surface area (Å²) in [5.41, 5.74) is 0.606. The van der Waals surface area contributed by atoms with E-state index >= 15 is 0 Å². The number of nitrogens with zero attached hydrogens (tertiary/aromatic N) is 3. The number of nitrogens with one attached hydrogen (secondary N) is 1. The minimum atomic E-state index is -3.19. The monoisotopic (exact) mass is 276 g/mol. The molecule has 1 aromatic rings. The minimum Gasteiger partial charge on any atom is -0.396 e. The Labute approximate surface area is 107 Å². The summed E-state index contributed by atoms with van der Waals surface area (Å²) in [5, 5.41) is 16.4. The first kappa shape index (κ1) is 15.1. The Morgan fingerprint density at radius 3 is 2.83 bits per heavy atom. The summed E-state index contributed by atoms with van der Waals surface area (Å²) in [5.74, 6) is 0.0578. The highest BCUT2D eigenvalue weighted by Crippen LogP contribution is 1.99. The maximum atomic E-state index is 11.2. The molecule has 0 atom stereocenters. The molecule has 0 aliphatic carbocycles. The van der Waals surface area contributed by atoms with Gasteiger partial charge in [0.05, 0.1) is 18.0 Å². The number of unbranched alkanes of at least 4 members (excludes halogenated alkanes) is 2. The van der Waals surface area contributed by atoms with Crippen molar-refractivity contribution in [2.75, 3.05) is 12.4 Å². The minimum absolute atomic E-state index is 0.0578. The molecular weight excluding hydrogens is 256 g/mol. The Morgan fingerprint density at radius 2 is 2.17 bits per heavy atom. The van der Waals surface area contributed by atoms with Crippen molar-refractivity contribution in [2.24, 2.45) is 0 Å². The lowest BCUT2D eigenvalue weighted by atomic mass is 10.2. The van der Waals surface area contributed by atoms with Crippen LogP contribution in [0, 0.1) is 0 Å². The molecule has 1 heterocycles. The first-order valence-corrected chi connectivity index (χ1v) is 7.70. The second kappa shape index (κ2) is 7.45. The summed E-state index contributed by atoms with van der Waals surface area (Å²) in [7, 11) is -3.19. The zero-order valence-corrected chi connectivity index (χ0v) is 11.4. The lowest BCUT2D eigenvalue weighted by Gasteiger charge is -2.00. The Hall–Kier alpha value is -0.990. The van der Waals surface area contributed by atoms with E-state index < -0.39 is 10.0 Å². The van der Waals surface area contributed by atoms with Crippen LogP contribution in [0.4, 0.5) is 0 Å². The Kier molecular flexibility index (Phi) is 6.23. The van der Waals surface area contributed by atoms with Gasteiger partial charge in [-0.25, -0.2) is 13.1 Å². The molecule has 0 bridgehead atoms. The largest absolute Gasteiger partial charge is 0.396 e. The molecule has 0 amide bonds. The zero-order valence-electron chi connectivity index (χ0n) is 10.5. The number of sulfonamides is 1. The maximum Gasteiger partial charge on any atom is 0.211 e. The third kappa shape index (κ3) is 5.56. The van der Waals surface area contributed by atoms with Gasteiger partial charge in [0.15, 0.2) is 0 Å². The van der Waals surface area contributed by atoms with Crippen LogP contribution in [-0.4, -0.2) is 40.9 Å². The highest BCUT2D eigenvalue weighted by molar-refractivity contribution is 7.89. The molecule has 1 rings (SSSR count). The Morgan fingerprint density at radius 1 is 1.39 bits per heavy atom. The smallest absolute Gasteiger partial charge is 0.211 e. The molecule has 8 heteroatoms. The van der Waals surface area contributed by atoms with Gasteiger partial charge in [0.2, 0.25) is 10.0 Å². The van der Waals surface area contributed by atoms with Crippen molar-refractivity contribution in [3.05, 3.63) is 11.9 Å². The molecule has 1 aromatic heterocycles. The van der Waals surface area contributed by atoms with Gasteiger partial charge in [0, 0.05) is 19.3 Å². The fourth-order valence-electron chi connectivity index (χ4n) is 1.38. The number of aliphatic hydroxyl groups excluding tert-OH is 1. The van der Waals surface area contributed by atoms with Gasteiger partial charge in [-0.15, -0.1) is 5.10 Å². The van der Waals surface area contributed by atoms with Crippen molar-refractivity contribution in [1.82, 2.24) is 19.7 Å². The van der Waals surface area contributed by atoms with Gasteiger partial charge < -0.3 is 5.11 Å². The van der Waals surface area contributed by atoms with Crippen LogP contribution >= 0.6 is 0 Å². The molecule has 0 unspecified atom stereocenters. The fourth-order valence-corrected chi connectivity index (χ4v) is 1.95. The fraction of sp³-hybridized carbons (Fsp3) is 0.800. The second-order valence-corrected chi connectivity index (χ2v) is 6.08. The molecular formula is C10H20N4O3S. The van der Waals surface area contributed by atoms with Crippen LogP contribution in [0.3, 0.4) is 0 Å². The molecule has 0 fully saturated rings. The van der Waals surface area contributed by atoms with Crippen molar-refractivity contribution in [3.63, 3.8) is 0 Å². The molecule has 0 spiro atoms. The maximum absolute atomic E-state index is 11.2. The van der Waals surface area contributed by atoms with Crippen molar-refractivity contribution in [1.29, 1.82) is 0 Å². The van der Waals surface area contributed by atoms with Crippen molar-refractivity contribution < 1.29 is 13.5 Å². The lowest BCUT2D eigenvalue weighted by Crippen LogP contribution is -2.24. The van der Waals surface area contributed by atoms with E-state index in [1.54, 1.807) is 17.8 Å². The highest BCUT2D eigenvalue weighted by Gasteiger charge is 2.07. The van der Waals surface area contributed by atoms with Gasteiger partial charge in [0.25, 0.3) is 0 Å². The zero-order chi connectivity index (χ0) is 13.4. The normalized spacial score (nSPS) is 11.9. The molecule has 18 heavy (non-hydrogen) atoms. The molecule has 0 aliphatic rings. The molecule has 7 nitrogen and oxygen atoms in total. The van der Waals surface area contributed by atoms with Crippen LogP contribution in [0.1, 0.15) is 31.9 Å². The van der Waals surface area contributed by atoms with E-state index in [9.17, 15) is 8.42 Å². The number of aryl methyl sites for hydroxylation is 1. The van der Waals surface area contributed by atoms with Gasteiger partial charge in [-0.05, 0) is 26.2 Å². The van der Waals surface area contributed by atoms with Crippen LogP contribution in [0.25, 0.3) is 0 Å². The molecule has 0 aromatic carbocycles. The van der Waals surface area contributed by atoms with Gasteiger partial charge in [0.1, 0.15) is 0 Å². The van der Waals surface area contributed by atoms with Crippen molar-refractivity contribution in [3.8, 4) is 0 Å². The summed E-state index contributed by atoms with van der Waals surface area (Å²) >= 11 is 0. The summed E-state index contributed by atoms with van der Waals surface area (Å²) in [4.78, 5) is 0. The molecule has 0 aliphatic heterocycles. The number of hydrogen-bond acceptors (Lipinski definition) is 5. The average molecular weight is 276 g/mol. The van der Waals surface area contributed by atoms with E-state index in [1.807, 2.05) is 0 Å². The predicted octanol–water partition coefficient (Wildman–Crippen LogP) is -0.120. The van der Waals surface area contributed by atoms with E-state index in [0.717, 1.165) is 25.8 Å². The number of aromatic nitrogens is 3. The van der Waals surface area contributed by atoms with Crippen LogP contribution in [0.15, 0.2) is 6.20 Å². The average Bonchev–Trinajstić information content (AvgIpc) is 2.80. The van der Waals surface area contributed by atoms with Gasteiger partial charge in [-0.3, -0.25) is 4.68 Å². The van der Waals surface area contributed by atoms with E-state index in [-0.39, 0.29) is 18.9 Å². The van der Waals surface area contributed by atoms with Gasteiger partial charge in [-0.1, -0.05) is 5.21 Å². The van der Waals surface area contributed by atoms with Crippen molar-refractivity contribution >= 4 is 10.0 Å². The first-order chi connectivity index (χ1) is 8.57. The summed E-state index contributed by atoms with van der Waals surface area (Å²) in [6, 6.07) is 0. The summed E-state index contributed by atoms with van der Waals surface area (Å²) < 4.78 is 26.6. The number of rotatable bonds is 9. The van der Waals surface area contributed by atoms with E-state index in [4.69, 9.17) is 5.11 Å². The third-order valence-corrected chi connectivity index (χ3v) is 3.83. The first-order valence-electron chi connectivity index (χ1n) is 6.04. The van der Waals surface area contributed by atoms with Gasteiger partial charge in [-0.2, -0.15) is 0 Å². The quantitative estimate of drug-likeness (QED) is 0.613. The van der Waals surface area contributed by atoms with Gasteiger partial charge >= 0.3 is 0 Å². The van der Waals surface area contributed by atoms with E-state index in [2.05, 4.69) is 15.0 Å². The van der Waals surface area contributed by atoms with E-state index in [1.165, 1.54) is 0 Å². The molecule has 2 N–H and O–H groups in total. The second-order valence-electron chi connectivity index (χ2n) is 3.98. The van der Waals surface area contributed by atoms with Crippen molar-refractivity contribution in [2.45, 2.75) is 39.3 Å². The summed E-state index contributed by atoms with van der Waals surface area (Å²) in [6.45, 7) is 2.70. The topological polar surface area (TPSA) is 97.1 Å². The van der Waals surface area contributed by atoms with Crippen LogP contribution < -0.4 is 4.72 Å². The molecule has 0 saturated heterocycles. The third-order valence-electron chi connectivity index (χ3n) is 2.48. The Bertz CT molecular complexity index is 444. The molecule has 0 saturated carbocycles. The highest BCUT2D eigenvalue weighted by atomic mass is 32.2. The Balaban J connectivity index is 2.34. The number of aliphatic hydroxyl groups is 1. The molecule has 104 valence electrons. The van der Waals surface area contributed by atoms with Crippen LogP contribution in [-0.2, 0) is 23.1 Å². The van der Waals surface area contributed by atoms with E-state index in [0.29, 0.717) is 5.69 Å². The molecule has 0 radical (unpaired) electrons. The lowest BCUT2D eigenvalue weighted by molar-refractivity contribution is 0.281. The summed E-state index contributed by atoms with van der Waals surface area (Å²) in [6.07, 6.45) is 4.38. The predicted molar refractivity (Wildman–Crippen MR) is 67.3 cm³/mol. The van der Waals surface area contributed by atoms with Crippen LogP contribution in [0.5, 0.6) is 0 Å². The van der Waals surface area contributed by atoms with Crippen LogP contribution in [0.2, 0.25) is 0 Å². The standard InChI is InChI=1S/C10H20N4O3S/c1-2-18(16,17)11-8-10-9-14(13-12-10)6-4-3-5-7-15/h9,11,15H,2-8H2,1H3. The number of hydrogen-bond donors (Lipinski definition) is 2.